The fourth-order valence-electron chi connectivity index (χ4n) is 3.71. The Balaban J connectivity index is 1.16. The monoisotopic (exact) mass is 377 g/mol. The van der Waals surface area contributed by atoms with Gasteiger partial charge in [-0.1, -0.05) is 18.2 Å². The minimum absolute atomic E-state index is 0.0861. The van der Waals surface area contributed by atoms with Gasteiger partial charge in [-0.3, -0.25) is 9.69 Å². The summed E-state index contributed by atoms with van der Waals surface area (Å²) in [5, 5.41) is 1.02. The van der Waals surface area contributed by atoms with Gasteiger partial charge < -0.3 is 14.6 Å². The number of unbranched alkanes of at least 4 members (excludes halogenated alkanes) is 1. The normalized spacial score (nSPS) is 15.1. The second-order valence-corrected chi connectivity index (χ2v) is 7.29. The van der Waals surface area contributed by atoms with Gasteiger partial charge in [0.05, 0.1) is 12.1 Å². The van der Waals surface area contributed by atoms with Gasteiger partial charge in [-0.15, -0.1) is 0 Å². The van der Waals surface area contributed by atoms with Gasteiger partial charge in [0.15, 0.2) is 0 Å². The van der Waals surface area contributed by atoms with Crippen molar-refractivity contribution in [3.8, 4) is 5.75 Å². The maximum atomic E-state index is 11.4. The number of aromatic nitrogens is 1. The Morgan fingerprint density at radius 2 is 1.68 bits per heavy atom. The Morgan fingerprint density at radius 3 is 2.50 bits per heavy atom. The van der Waals surface area contributed by atoms with Crippen molar-refractivity contribution < 1.29 is 4.74 Å². The third-order valence-corrected chi connectivity index (χ3v) is 5.33. The highest BCUT2D eigenvalue weighted by molar-refractivity contribution is 5.79. The maximum absolute atomic E-state index is 11.4. The number of aromatic amines is 1. The highest BCUT2D eigenvalue weighted by atomic mass is 16.5. The van der Waals surface area contributed by atoms with Gasteiger partial charge in [0.2, 0.25) is 5.56 Å². The molecule has 0 radical (unpaired) electrons. The molecule has 0 amide bonds. The largest absolute Gasteiger partial charge is 0.494 e. The molecule has 1 saturated heterocycles. The van der Waals surface area contributed by atoms with Crippen LogP contribution in [-0.4, -0.2) is 49.2 Å². The third kappa shape index (κ3) is 4.73. The molecule has 0 unspecified atom stereocenters. The van der Waals surface area contributed by atoms with Gasteiger partial charge >= 0.3 is 0 Å². The van der Waals surface area contributed by atoms with Crippen LogP contribution < -0.4 is 15.2 Å². The van der Waals surface area contributed by atoms with E-state index in [-0.39, 0.29) is 5.56 Å². The van der Waals surface area contributed by atoms with E-state index in [9.17, 15) is 4.79 Å². The second-order valence-electron chi connectivity index (χ2n) is 7.29. The van der Waals surface area contributed by atoms with Crippen LogP contribution in [-0.2, 0) is 0 Å². The highest BCUT2D eigenvalue weighted by Crippen LogP contribution is 2.18. The van der Waals surface area contributed by atoms with Crippen molar-refractivity contribution in [3.63, 3.8) is 0 Å². The molecule has 0 atom stereocenters. The van der Waals surface area contributed by atoms with Crippen LogP contribution in [0.25, 0.3) is 10.9 Å². The molecule has 0 saturated carbocycles. The van der Waals surface area contributed by atoms with Crippen LogP contribution in [0.3, 0.4) is 0 Å². The Kier molecular flexibility index (Phi) is 5.92. The van der Waals surface area contributed by atoms with Crippen molar-refractivity contribution in [3.05, 3.63) is 71.0 Å². The third-order valence-electron chi connectivity index (χ3n) is 5.33. The number of anilines is 1. The Bertz CT molecular complexity index is 947. The molecule has 2 aromatic carbocycles. The van der Waals surface area contributed by atoms with E-state index < -0.39 is 0 Å². The average Bonchev–Trinajstić information content (AvgIpc) is 2.74. The molecule has 0 spiro atoms. The predicted molar refractivity (Wildman–Crippen MR) is 114 cm³/mol. The first-order chi connectivity index (χ1) is 13.8. The summed E-state index contributed by atoms with van der Waals surface area (Å²) in [6, 6.07) is 19.9. The molecule has 0 aliphatic carbocycles. The van der Waals surface area contributed by atoms with Crippen LogP contribution in [0.2, 0.25) is 0 Å². The first-order valence-electron chi connectivity index (χ1n) is 10.1. The Labute approximate surface area is 165 Å². The highest BCUT2D eigenvalue weighted by Gasteiger charge is 2.16. The van der Waals surface area contributed by atoms with E-state index in [4.69, 9.17) is 4.74 Å². The number of hydrogen-bond donors (Lipinski definition) is 1. The van der Waals surface area contributed by atoms with E-state index in [1.807, 2.05) is 24.3 Å². The lowest BCUT2D eigenvalue weighted by atomic mass is 10.2. The number of nitrogens with one attached hydrogen (secondary N) is 1. The number of nitrogens with zero attached hydrogens (tertiary/aromatic N) is 2. The van der Waals surface area contributed by atoms with Crippen molar-refractivity contribution >= 4 is 16.6 Å². The van der Waals surface area contributed by atoms with Gasteiger partial charge in [0.25, 0.3) is 0 Å². The standard InChI is InChI=1S/C23H27N3O2/c27-23-11-9-19-8-10-21(18-22(19)24-23)28-17-5-4-12-25-13-15-26(16-14-25)20-6-2-1-3-7-20/h1-3,6-11,18H,4-5,12-17H2,(H,24,27). The number of benzene rings is 2. The predicted octanol–water partition coefficient (Wildman–Crippen LogP) is 3.51. The minimum atomic E-state index is -0.0861. The fourth-order valence-corrected chi connectivity index (χ4v) is 3.71. The van der Waals surface area contributed by atoms with E-state index in [1.165, 1.54) is 5.69 Å². The van der Waals surface area contributed by atoms with Crippen molar-refractivity contribution in [1.29, 1.82) is 0 Å². The molecule has 1 N–H and O–H groups in total. The number of piperazine rings is 1. The van der Waals surface area contributed by atoms with Crippen LogP contribution in [0.5, 0.6) is 5.75 Å². The first kappa shape index (κ1) is 18.6. The van der Waals surface area contributed by atoms with Crippen LogP contribution in [0, 0.1) is 0 Å². The quantitative estimate of drug-likeness (QED) is 0.640. The first-order valence-corrected chi connectivity index (χ1v) is 10.1. The van der Waals surface area contributed by atoms with Crippen molar-refractivity contribution in [2.24, 2.45) is 0 Å². The molecule has 5 heteroatoms. The molecular formula is C23H27N3O2. The van der Waals surface area contributed by atoms with E-state index in [0.29, 0.717) is 6.61 Å². The lowest BCUT2D eigenvalue weighted by Gasteiger charge is -2.36. The van der Waals surface area contributed by atoms with Crippen LogP contribution in [0.1, 0.15) is 12.8 Å². The minimum Gasteiger partial charge on any atom is -0.494 e. The topological polar surface area (TPSA) is 48.6 Å². The average molecular weight is 377 g/mol. The lowest BCUT2D eigenvalue weighted by molar-refractivity contribution is 0.238. The Morgan fingerprint density at radius 1 is 0.893 bits per heavy atom. The molecular weight excluding hydrogens is 350 g/mol. The second kappa shape index (κ2) is 8.93. The van der Waals surface area contributed by atoms with E-state index in [0.717, 1.165) is 62.2 Å². The fraction of sp³-hybridized carbons (Fsp3) is 0.348. The van der Waals surface area contributed by atoms with Crippen LogP contribution in [0.15, 0.2) is 65.5 Å². The Hall–Kier alpha value is -2.79. The lowest BCUT2D eigenvalue weighted by Crippen LogP contribution is -2.46. The molecule has 1 aromatic heterocycles. The molecule has 2 heterocycles. The molecule has 28 heavy (non-hydrogen) atoms. The molecule has 146 valence electrons. The molecule has 1 aliphatic heterocycles. The number of H-pyrrole nitrogens is 1. The summed E-state index contributed by atoms with van der Waals surface area (Å²) in [4.78, 5) is 19.3. The van der Waals surface area contributed by atoms with Crippen molar-refractivity contribution in [1.82, 2.24) is 9.88 Å². The summed E-state index contributed by atoms with van der Waals surface area (Å²) in [6.07, 6.45) is 2.16. The zero-order valence-electron chi connectivity index (χ0n) is 16.1. The summed E-state index contributed by atoms with van der Waals surface area (Å²) in [7, 11) is 0. The van der Waals surface area contributed by atoms with Crippen molar-refractivity contribution in [2.45, 2.75) is 12.8 Å². The van der Waals surface area contributed by atoms with Crippen LogP contribution >= 0.6 is 0 Å². The number of para-hydroxylation sites is 1. The number of pyridine rings is 1. The summed E-state index contributed by atoms with van der Waals surface area (Å²) >= 11 is 0. The SMILES string of the molecule is O=c1ccc2ccc(OCCCCN3CCN(c4ccccc4)CC3)cc2[nH]1. The summed E-state index contributed by atoms with van der Waals surface area (Å²) in [5.41, 5.74) is 2.06. The molecule has 3 aromatic rings. The molecule has 4 rings (SSSR count). The summed E-state index contributed by atoms with van der Waals surface area (Å²) < 4.78 is 5.87. The van der Waals surface area contributed by atoms with Gasteiger partial charge in [0, 0.05) is 44.0 Å². The number of fused-ring (bicyclic) bond motifs is 1. The van der Waals surface area contributed by atoms with E-state index in [2.05, 4.69) is 45.1 Å². The van der Waals surface area contributed by atoms with Gasteiger partial charge in [-0.2, -0.15) is 0 Å². The summed E-state index contributed by atoms with van der Waals surface area (Å²) in [5.74, 6) is 0.811. The molecule has 0 bridgehead atoms. The van der Waals surface area contributed by atoms with E-state index in [1.54, 1.807) is 6.07 Å². The molecule has 5 nitrogen and oxygen atoms in total. The van der Waals surface area contributed by atoms with Crippen molar-refractivity contribution in [2.75, 3.05) is 44.2 Å². The van der Waals surface area contributed by atoms with Crippen LogP contribution in [0.4, 0.5) is 5.69 Å². The van der Waals surface area contributed by atoms with Gasteiger partial charge in [0.1, 0.15) is 5.75 Å². The molecule has 1 fully saturated rings. The van der Waals surface area contributed by atoms with Gasteiger partial charge in [-0.05, 0) is 55.1 Å². The van der Waals surface area contributed by atoms with E-state index >= 15 is 0 Å². The number of ether oxygens (including phenoxy) is 1. The smallest absolute Gasteiger partial charge is 0.248 e. The maximum Gasteiger partial charge on any atom is 0.248 e. The zero-order chi connectivity index (χ0) is 19.2. The zero-order valence-corrected chi connectivity index (χ0v) is 16.1. The summed E-state index contributed by atoms with van der Waals surface area (Å²) in [6.45, 7) is 6.25. The number of hydrogen-bond acceptors (Lipinski definition) is 4. The number of rotatable bonds is 7. The van der Waals surface area contributed by atoms with Gasteiger partial charge in [-0.25, -0.2) is 0 Å². The molecule has 1 aliphatic rings.